The third-order valence-corrected chi connectivity index (χ3v) is 12.4. The quantitative estimate of drug-likeness (QED) is 0.284. The van der Waals surface area contributed by atoms with Crippen LogP contribution in [0.4, 0.5) is 9.59 Å². The van der Waals surface area contributed by atoms with Crippen LogP contribution in [0.2, 0.25) is 0 Å². The van der Waals surface area contributed by atoms with Gasteiger partial charge in [0.25, 0.3) is 5.91 Å². The van der Waals surface area contributed by atoms with Crippen molar-refractivity contribution in [3.8, 4) is 0 Å². The Kier molecular flexibility index (Phi) is 10.6. The first kappa shape index (κ1) is 37.5. The highest BCUT2D eigenvalue weighted by atomic mass is 32.2. The molecule has 1 aromatic heterocycles. The molecule has 0 unspecified atom stereocenters. The van der Waals surface area contributed by atoms with Crippen molar-refractivity contribution in [3.05, 3.63) is 42.2 Å². The van der Waals surface area contributed by atoms with Crippen LogP contribution in [0.1, 0.15) is 89.8 Å². The molecule has 15 nitrogen and oxygen atoms in total. The highest BCUT2D eigenvalue weighted by Crippen LogP contribution is 2.45. The molecule has 284 valence electrons. The van der Waals surface area contributed by atoms with E-state index in [4.69, 9.17) is 9.47 Å². The number of nitrogens with zero attached hydrogens (tertiary/aromatic N) is 3. The van der Waals surface area contributed by atoms with E-state index in [2.05, 4.69) is 26.9 Å². The number of rotatable bonds is 11. The first-order chi connectivity index (χ1) is 24.6. The Hall–Kier alpha value is -4.21. The Bertz CT molecular complexity index is 1680. The first-order valence-corrected chi connectivity index (χ1v) is 19.8. The van der Waals surface area contributed by atoms with Crippen LogP contribution in [0.25, 0.3) is 0 Å². The number of carbonyl (C=O) groups is 5. The number of likely N-dealkylation sites (tertiary alicyclic amines) is 1. The lowest BCUT2D eigenvalue weighted by molar-refractivity contribution is -0.142. The van der Waals surface area contributed by atoms with Crippen LogP contribution in [0.5, 0.6) is 0 Å². The summed E-state index contributed by atoms with van der Waals surface area (Å²) < 4.78 is 38.9. The number of aromatic nitrogens is 1. The standard InChI is InChI=1S/C36H50N6O9S/c1-5-24-17-36(24,32(45)40-52(48,49)26-13-14-26)39-30(43)28-16-25(51-34(47)41-18-23-12-9-15-37-27(23)20-41)19-42(28)31(44)29(22-10-7-6-8-11-22)38-33(46)50-21-35(2,3)4/h5,9,12,15,22,24-26,28-29H,1,6-8,10-11,13-14,16-21H2,2-4H3,(H,38,46)(H,39,43)(H,40,45)/t24-,25-,28+,29+,36+/m1/s1. The van der Waals surface area contributed by atoms with Crippen molar-refractivity contribution in [2.45, 2.75) is 121 Å². The number of ether oxygens (including phenoxy) is 2. The zero-order valence-corrected chi connectivity index (χ0v) is 30.9. The monoisotopic (exact) mass is 742 g/mol. The van der Waals surface area contributed by atoms with Crippen LogP contribution in [0, 0.1) is 17.3 Å². The van der Waals surface area contributed by atoms with E-state index < -0.39 is 74.8 Å². The molecule has 0 bridgehead atoms. The maximum Gasteiger partial charge on any atom is 0.410 e. The minimum atomic E-state index is -3.91. The van der Waals surface area contributed by atoms with Crippen molar-refractivity contribution in [2.75, 3.05) is 13.2 Å². The molecule has 5 amide bonds. The van der Waals surface area contributed by atoms with Gasteiger partial charge in [-0.1, -0.05) is 52.2 Å². The minimum Gasteiger partial charge on any atom is -0.449 e. The Morgan fingerprint density at radius 3 is 2.46 bits per heavy atom. The minimum absolute atomic E-state index is 0.0783. The van der Waals surface area contributed by atoms with Gasteiger partial charge < -0.3 is 25.0 Å². The number of sulfonamides is 1. The third kappa shape index (κ3) is 8.37. The molecule has 0 aromatic carbocycles. The van der Waals surface area contributed by atoms with E-state index in [9.17, 15) is 32.4 Å². The summed E-state index contributed by atoms with van der Waals surface area (Å²) in [7, 11) is -3.91. The van der Waals surface area contributed by atoms with Gasteiger partial charge in [-0.05, 0) is 55.1 Å². The molecule has 52 heavy (non-hydrogen) atoms. The molecule has 6 rings (SSSR count). The molecule has 0 radical (unpaired) electrons. The average molecular weight is 743 g/mol. The summed E-state index contributed by atoms with van der Waals surface area (Å²) in [6.07, 6.45) is 5.93. The predicted molar refractivity (Wildman–Crippen MR) is 187 cm³/mol. The van der Waals surface area contributed by atoms with Crippen LogP contribution < -0.4 is 15.4 Å². The number of nitrogens with one attached hydrogen (secondary N) is 3. The number of fused-ring (bicyclic) bond motifs is 1. The van der Waals surface area contributed by atoms with E-state index in [1.165, 1.54) is 15.9 Å². The summed E-state index contributed by atoms with van der Waals surface area (Å²) in [4.78, 5) is 75.8. The van der Waals surface area contributed by atoms with Gasteiger partial charge in [-0.25, -0.2) is 18.0 Å². The predicted octanol–water partition coefficient (Wildman–Crippen LogP) is 2.89. The largest absolute Gasteiger partial charge is 0.449 e. The van der Waals surface area contributed by atoms with Crippen molar-refractivity contribution >= 4 is 39.9 Å². The third-order valence-electron chi connectivity index (χ3n) is 10.6. The summed E-state index contributed by atoms with van der Waals surface area (Å²) in [5, 5.41) is 4.90. The van der Waals surface area contributed by atoms with E-state index in [1.807, 2.05) is 26.8 Å². The lowest BCUT2D eigenvalue weighted by Gasteiger charge is -2.34. The van der Waals surface area contributed by atoms with E-state index >= 15 is 0 Å². The second kappa shape index (κ2) is 14.7. The zero-order valence-electron chi connectivity index (χ0n) is 30.1. The van der Waals surface area contributed by atoms with E-state index in [-0.39, 0.29) is 43.9 Å². The van der Waals surface area contributed by atoms with Gasteiger partial charge in [0.05, 0.1) is 37.2 Å². The van der Waals surface area contributed by atoms with Crippen molar-refractivity contribution in [1.82, 2.24) is 30.1 Å². The molecule has 5 aliphatic rings. The van der Waals surface area contributed by atoms with E-state index in [0.717, 1.165) is 30.5 Å². The molecule has 3 heterocycles. The fourth-order valence-electron chi connectivity index (χ4n) is 7.42. The van der Waals surface area contributed by atoms with Crippen LogP contribution in [-0.4, -0.2) is 95.2 Å². The van der Waals surface area contributed by atoms with Gasteiger partial charge in [-0.3, -0.25) is 29.0 Å². The molecule has 16 heteroatoms. The normalized spacial score (nSPS) is 26.5. The van der Waals surface area contributed by atoms with Gasteiger partial charge in [-0.2, -0.15) is 0 Å². The van der Waals surface area contributed by atoms with Gasteiger partial charge >= 0.3 is 12.2 Å². The Morgan fingerprint density at radius 1 is 1.10 bits per heavy atom. The van der Waals surface area contributed by atoms with Gasteiger partial charge in [0.2, 0.25) is 21.8 Å². The summed E-state index contributed by atoms with van der Waals surface area (Å²) in [5.74, 6) is -2.85. The Labute approximate surface area is 304 Å². The number of hydrogen-bond donors (Lipinski definition) is 3. The van der Waals surface area contributed by atoms with Gasteiger partial charge in [0.1, 0.15) is 23.7 Å². The molecular weight excluding hydrogens is 692 g/mol. The van der Waals surface area contributed by atoms with Gasteiger partial charge in [0, 0.05) is 18.5 Å². The van der Waals surface area contributed by atoms with Crippen LogP contribution in [-0.2, 0) is 47.0 Å². The maximum absolute atomic E-state index is 14.6. The highest BCUT2D eigenvalue weighted by Gasteiger charge is 2.62. The molecule has 0 spiro atoms. The topological polar surface area (TPSA) is 193 Å². The summed E-state index contributed by atoms with van der Waals surface area (Å²) in [6, 6.07) is 1.46. The van der Waals surface area contributed by atoms with Gasteiger partial charge in [-0.15, -0.1) is 6.58 Å². The van der Waals surface area contributed by atoms with Gasteiger partial charge in [0.15, 0.2) is 0 Å². The lowest BCUT2D eigenvalue weighted by atomic mass is 9.83. The summed E-state index contributed by atoms with van der Waals surface area (Å²) in [5.41, 5.74) is -0.229. The zero-order chi connectivity index (χ0) is 37.4. The Balaban J connectivity index is 1.23. The molecular formula is C36H50N6O9S. The van der Waals surface area contributed by atoms with Crippen molar-refractivity contribution < 1.29 is 41.9 Å². The van der Waals surface area contributed by atoms with Crippen LogP contribution in [0.3, 0.4) is 0 Å². The lowest BCUT2D eigenvalue weighted by Crippen LogP contribution is -2.59. The fourth-order valence-corrected chi connectivity index (χ4v) is 8.78. The second-order valence-electron chi connectivity index (χ2n) is 16.1. The number of alkyl carbamates (subject to hydrolysis) is 1. The smallest absolute Gasteiger partial charge is 0.410 e. The molecule has 2 aliphatic heterocycles. The first-order valence-electron chi connectivity index (χ1n) is 18.2. The number of amides is 5. The number of carbonyl (C=O) groups excluding carboxylic acids is 5. The van der Waals surface area contributed by atoms with E-state index in [1.54, 1.807) is 12.3 Å². The number of pyridine rings is 1. The fraction of sp³-hybridized carbons (Fsp3) is 0.667. The SMILES string of the molecule is C=C[C@@H]1C[C@@]1(NC(=O)[C@@H]1C[C@@H](OC(=O)N2Cc3cccnc3C2)CN1C(=O)[C@@H](NC(=O)OCC(C)(C)C)C1CCCCC1)C(=O)NS(=O)(=O)C1CC1. The summed E-state index contributed by atoms with van der Waals surface area (Å²) in [6.45, 7) is 10.1. The van der Waals surface area contributed by atoms with Crippen molar-refractivity contribution in [2.24, 2.45) is 17.3 Å². The van der Waals surface area contributed by atoms with Crippen LogP contribution in [0.15, 0.2) is 31.0 Å². The second-order valence-corrected chi connectivity index (χ2v) is 18.0. The van der Waals surface area contributed by atoms with Crippen molar-refractivity contribution in [1.29, 1.82) is 0 Å². The molecule has 1 saturated heterocycles. The number of hydrogen-bond acceptors (Lipinski definition) is 10. The molecule has 3 aliphatic carbocycles. The van der Waals surface area contributed by atoms with E-state index in [0.29, 0.717) is 32.2 Å². The molecule has 1 aromatic rings. The molecule has 3 saturated carbocycles. The molecule has 5 atom stereocenters. The highest BCUT2D eigenvalue weighted by molar-refractivity contribution is 7.91. The Morgan fingerprint density at radius 2 is 1.83 bits per heavy atom. The molecule has 4 fully saturated rings. The molecule has 3 N–H and O–H groups in total. The summed E-state index contributed by atoms with van der Waals surface area (Å²) >= 11 is 0. The average Bonchev–Trinajstić information content (AvgIpc) is 4.00. The van der Waals surface area contributed by atoms with Crippen molar-refractivity contribution in [3.63, 3.8) is 0 Å². The van der Waals surface area contributed by atoms with Crippen LogP contribution >= 0.6 is 0 Å². The maximum atomic E-state index is 14.6.